The van der Waals surface area contributed by atoms with E-state index >= 15 is 0 Å². The number of anilines is 3. The van der Waals surface area contributed by atoms with E-state index in [-0.39, 0.29) is 30.6 Å². The lowest BCUT2D eigenvalue weighted by atomic mass is 9.95. The van der Waals surface area contributed by atoms with Crippen molar-refractivity contribution in [2.45, 2.75) is 12.8 Å². The molecular formula is C27H26N4O5. The molecule has 3 N–H and O–H groups in total. The molecule has 1 saturated heterocycles. The van der Waals surface area contributed by atoms with Crippen molar-refractivity contribution in [3.8, 4) is 11.5 Å². The first-order chi connectivity index (χ1) is 17.5. The van der Waals surface area contributed by atoms with Crippen LogP contribution < -0.4 is 25.4 Å². The fourth-order valence-corrected chi connectivity index (χ4v) is 4.26. The minimum atomic E-state index is -0.360. The number of benzene rings is 3. The van der Waals surface area contributed by atoms with Crippen LogP contribution in [-0.4, -0.2) is 42.6 Å². The van der Waals surface area contributed by atoms with Crippen LogP contribution in [0.25, 0.3) is 0 Å². The molecule has 2 aliphatic heterocycles. The van der Waals surface area contributed by atoms with E-state index in [1.54, 1.807) is 59.5 Å². The molecule has 2 heterocycles. The Morgan fingerprint density at radius 1 is 0.722 bits per heavy atom. The second-order valence-corrected chi connectivity index (χ2v) is 8.65. The maximum absolute atomic E-state index is 13.0. The van der Waals surface area contributed by atoms with Crippen molar-refractivity contribution in [3.63, 3.8) is 0 Å². The Morgan fingerprint density at radius 2 is 1.36 bits per heavy atom. The van der Waals surface area contributed by atoms with Gasteiger partial charge in [0.2, 0.25) is 12.7 Å². The highest BCUT2D eigenvalue weighted by Gasteiger charge is 2.28. The first-order valence-electron chi connectivity index (χ1n) is 11.8. The molecule has 5 rings (SSSR count). The summed E-state index contributed by atoms with van der Waals surface area (Å²) in [7, 11) is 0. The second-order valence-electron chi connectivity index (χ2n) is 8.65. The van der Waals surface area contributed by atoms with Crippen LogP contribution >= 0.6 is 0 Å². The lowest BCUT2D eigenvalue weighted by Crippen LogP contribution is -2.41. The zero-order valence-electron chi connectivity index (χ0n) is 19.5. The number of hydrogen-bond acceptors (Lipinski definition) is 5. The van der Waals surface area contributed by atoms with Crippen LogP contribution in [0.15, 0.2) is 72.8 Å². The van der Waals surface area contributed by atoms with E-state index in [0.717, 1.165) is 0 Å². The quantitative estimate of drug-likeness (QED) is 0.490. The molecule has 184 valence electrons. The Labute approximate surface area is 208 Å². The molecule has 36 heavy (non-hydrogen) atoms. The number of carbonyl (C=O) groups excluding carboxylic acids is 3. The largest absolute Gasteiger partial charge is 0.454 e. The molecule has 0 aliphatic carbocycles. The standard InChI is InChI=1S/C27H26N4O5/c32-25(28-22-10-11-23-24(16-22)36-17-35-23)18-12-14-31(15-13-18)26(33)19-6-8-21(9-7-19)30-27(34)29-20-4-2-1-3-5-20/h1-11,16,18H,12-15,17H2,(H,28,32)(H2,29,30,34). The Hall–Kier alpha value is -4.53. The number of ether oxygens (including phenoxy) is 2. The van der Waals surface area contributed by atoms with Gasteiger partial charge in [0.15, 0.2) is 11.5 Å². The fraction of sp³-hybridized carbons (Fsp3) is 0.222. The van der Waals surface area contributed by atoms with Gasteiger partial charge < -0.3 is 30.3 Å². The van der Waals surface area contributed by atoms with Crippen molar-refractivity contribution in [3.05, 3.63) is 78.4 Å². The maximum atomic E-state index is 13.0. The molecule has 0 radical (unpaired) electrons. The average molecular weight is 487 g/mol. The molecule has 0 atom stereocenters. The van der Waals surface area contributed by atoms with Crippen LogP contribution in [0.3, 0.4) is 0 Å². The molecule has 2 aliphatic rings. The highest BCUT2D eigenvalue weighted by molar-refractivity contribution is 6.00. The van der Waals surface area contributed by atoms with Crippen molar-refractivity contribution >= 4 is 34.9 Å². The van der Waals surface area contributed by atoms with Gasteiger partial charge in [-0.15, -0.1) is 0 Å². The predicted octanol–water partition coefficient (Wildman–Crippen LogP) is 4.55. The van der Waals surface area contributed by atoms with Crippen LogP contribution in [0.1, 0.15) is 23.2 Å². The van der Waals surface area contributed by atoms with Gasteiger partial charge >= 0.3 is 6.03 Å². The Bertz CT molecular complexity index is 1250. The summed E-state index contributed by atoms with van der Waals surface area (Å²) in [6.07, 6.45) is 1.17. The van der Waals surface area contributed by atoms with Gasteiger partial charge in [-0.25, -0.2) is 4.79 Å². The van der Waals surface area contributed by atoms with Gasteiger partial charge in [-0.1, -0.05) is 18.2 Å². The number of nitrogens with zero attached hydrogens (tertiary/aromatic N) is 1. The maximum Gasteiger partial charge on any atom is 0.323 e. The average Bonchev–Trinajstić information content (AvgIpc) is 3.37. The van der Waals surface area contributed by atoms with Crippen LogP contribution in [-0.2, 0) is 4.79 Å². The van der Waals surface area contributed by atoms with E-state index in [0.29, 0.717) is 60.1 Å². The molecule has 0 saturated carbocycles. The highest BCUT2D eigenvalue weighted by atomic mass is 16.7. The molecule has 9 heteroatoms. The minimum absolute atomic E-state index is 0.0647. The Balaban J connectivity index is 1.10. The zero-order valence-corrected chi connectivity index (χ0v) is 19.5. The van der Waals surface area contributed by atoms with Gasteiger partial charge in [0.1, 0.15) is 0 Å². The normalized spacial score (nSPS) is 14.7. The molecule has 0 bridgehead atoms. The number of fused-ring (bicyclic) bond motifs is 1. The summed E-state index contributed by atoms with van der Waals surface area (Å²) in [5.41, 5.74) is 2.47. The van der Waals surface area contributed by atoms with E-state index in [9.17, 15) is 14.4 Å². The van der Waals surface area contributed by atoms with Gasteiger partial charge in [0.25, 0.3) is 5.91 Å². The van der Waals surface area contributed by atoms with Crippen molar-refractivity contribution in [2.75, 3.05) is 35.8 Å². The summed E-state index contributed by atoms with van der Waals surface area (Å²) in [6, 6.07) is 20.9. The predicted molar refractivity (Wildman–Crippen MR) is 135 cm³/mol. The number of piperidine rings is 1. The van der Waals surface area contributed by atoms with Gasteiger partial charge in [-0.2, -0.15) is 0 Å². The lowest BCUT2D eigenvalue weighted by molar-refractivity contribution is -0.121. The fourth-order valence-electron chi connectivity index (χ4n) is 4.26. The summed E-state index contributed by atoms with van der Waals surface area (Å²) >= 11 is 0. The summed E-state index contributed by atoms with van der Waals surface area (Å²) < 4.78 is 10.7. The van der Waals surface area contributed by atoms with E-state index < -0.39 is 0 Å². The van der Waals surface area contributed by atoms with Crippen LogP contribution in [0.4, 0.5) is 21.9 Å². The van der Waals surface area contributed by atoms with E-state index in [2.05, 4.69) is 16.0 Å². The van der Waals surface area contributed by atoms with E-state index in [1.807, 2.05) is 18.2 Å². The van der Waals surface area contributed by atoms with Gasteiger partial charge in [0.05, 0.1) is 0 Å². The Morgan fingerprint density at radius 3 is 2.08 bits per heavy atom. The van der Waals surface area contributed by atoms with Gasteiger partial charge in [0, 0.05) is 47.7 Å². The third kappa shape index (κ3) is 5.41. The molecule has 0 spiro atoms. The number of nitrogens with one attached hydrogen (secondary N) is 3. The number of amides is 4. The highest BCUT2D eigenvalue weighted by Crippen LogP contribution is 2.34. The minimum Gasteiger partial charge on any atom is -0.454 e. The number of rotatable bonds is 5. The van der Waals surface area contributed by atoms with Gasteiger partial charge in [-0.05, 0) is 61.4 Å². The summed E-state index contributed by atoms with van der Waals surface area (Å²) in [5, 5.41) is 8.44. The first kappa shape index (κ1) is 23.2. The summed E-state index contributed by atoms with van der Waals surface area (Å²) in [5.74, 6) is 0.953. The van der Waals surface area contributed by atoms with E-state index in [4.69, 9.17) is 9.47 Å². The number of para-hydroxylation sites is 1. The van der Waals surface area contributed by atoms with Crippen LogP contribution in [0.2, 0.25) is 0 Å². The number of hydrogen-bond donors (Lipinski definition) is 3. The molecular weight excluding hydrogens is 460 g/mol. The summed E-state index contributed by atoms with van der Waals surface area (Å²) in [4.78, 5) is 39.6. The van der Waals surface area contributed by atoms with Crippen molar-refractivity contribution in [2.24, 2.45) is 5.92 Å². The molecule has 4 amide bonds. The summed E-state index contributed by atoms with van der Waals surface area (Å²) in [6.45, 7) is 1.18. The van der Waals surface area contributed by atoms with Gasteiger partial charge in [-0.3, -0.25) is 9.59 Å². The molecule has 3 aromatic carbocycles. The number of likely N-dealkylation sites (tertiary alicyclic amines) is 1. The molecule has 9 nitrogen and oxygen atoms in total. The molecule has 0 unspecified atom stereocenters. The third-order valence-electron chi connectivity index (χ3n) is 6.21. The van der Waals surface area contributed by atoms with Crippen molar-refractivity contribution < 1.29 is 23.9 Å². The number of urea groups is 1. The molecule has 1 fully saturated rings. The van der Waals surface area contributed by atoms with Crippen LogP contribution in [0, 0.1) is 5.92 Å². The van der Waals surface area contributed by atoms with Crippen molar-refractivity contribution in [1.82, 2.24) is 4.90 Å². The molecule has 0 aromatic heterocycles. The van der Waals surface area contributed by atoms with E-state index in [1.165, 1.54) is 0 Å². The monoisotopic (exact) mass is 486 g/mol. The lowest BCUT2D eigenvalue weighted by Gasteiger charge is -2.31. The topological polar surface area (TPSA) is 109 Å². The van der Waals surface area contributed by atoms with Crippen molar-refractivity contribution in [1.29, 1.82) is 0 Å². The second kappa shape index (κ2) is 10.4. The first-order valence-corrected chi connectivity index (χ1v) is 11.8. The van der Waals surface area contributed by atoms with Crippen LogP contribution in [0.5, 0.6) is 11.5 Å². The Kier molecular flexibility index (Phi) is 6.70. The SMILES string of the molecule is O=C(Nc1ccccc1)Nc1ccc(C(=O)N2CCC(C(=O)Nc3ccc4c(c3)OCO4)CC2)cc1. The molecule has 3 aromatic rings. The smallest absolute Gasteiger partial charge is 0.323 e. The number of carbonyl (C=O) groups is 3. The zero-order chi connectivity index (χ0) is 24.9. The third-order valence-corrected chi connectivity index (χ3v) is 6.21.